The molecule has 20 heavy (non-hydrogen) atoms. The van der Waals surface area contributed by atoms with Crippen molar-refractivity contribution >= 4 is 5.91 Å². The van der Waals surface area contributed by atoms with E-state index in [1.165, 1.54) is 5.56 Å². The molecule has 0 saturated carbocycles. The summed E-state index contributed by atoms with van der Waals surface area (Å²) in [6.07, 6.45) is 0.389. The average Bonchev–Trinajstić information content (AvgIpc) is 2.48. The van der Waals surface area contributed by atoms with Gasteiger partial charge in [-0.2, -0.15) is 0 Å². The van der Waals surface area contributed by atoms with Gasteiger partial charge in [-0.25, -0.2) is 0 Å². The van der Waals surface area contributed by atoms with Crippen LogP contribution < -0.4 is 5.32 Å². The zero-order valence-electron chi connectivity index (χ0n) is 11.6. The molecule has 0 aliphatic rings. The lowest BCUT2D eigenvalue weighted by molar-refractivity contribution is -0.120. The predicted octanol–water partition coefficient (Wildman–Crippen LogP) is 2.35. The minimum absolute atomic E-state index is 0.00301. The largest absolute Gasteiger partial charge is 0.392 e. The number of carbonyl (C=O) groups excluding carboxylic acids is 1. The Morgan fingerprint density at radius 2 is 1.75 bits per heavy atom. The molecule has 0 bridgehead atoms. The molecule has 0 aromatic heterocycles. The molecule has 0 heterocycles. The molecule has 0 aliphatic heterocycles. The van der Waals surface area contributed by atoms with Crippen LogP contribution in [0, 0.1) is 6.92 Å². The third-order valence-electron chi connectivity index (χ3n) is 3.15. The zero-order chi connectivity index (χ0) is 14.4. The van der Waals surface area contributed by atoms with Gasteiger partial charge in [0, 0.05) is 6.54 Å². The highest BCUT2D eigenvalue weighted by Gasteiger charge is 2.03. The van der Waals surface area contributed by atoms with E-state index >= 15 is 0 Å². The Hall–Kier alpha value is -2.13. The van der Waals surface area contributed by atoms with Gasteiger partial charge in [0.25, 0.3) is 0 Å². The molecule has 2 N–H and O–H groups in total. The molecule has 0 saturated heterocycles. The van der Waals surface area contributed by atoms with E-state index in [1.54, 1.807) is 0 Å². The average molecular weight is 269 g/mol. The van der Waals surface area contributed by atoms with Crippen molar-refractivity contribution in [3.05, 3.63) is 70.8 Å². The molecular formula is C17H19NO2. The molecule has 0 atom stereocenters. The van der Waals surface area contributed by atoms with E-state index < -0.39 is 0 Å². The first kappa shape index (κ1) is 14.3. The minimum atomic E-state index is 0.00301. The summed E-state index contributed by atoms with van der Waals surface area (Å²) in [6, 6.07) is 15.5. The molecule has 1 amide bonds. The molecule has 2 aromatic rings. The van der Waals surface area contributed by atoms with Gasteiger partial charge in [-0.15, -0.1) is 0 Å². The van der Waals surface area contributed by atoms with Crippen molar-refractivity contribution in [1.82, 2.24) is 5.32 Å². The number of amides is 1. The number of carbonyl (C=O) groups is 1. The van der Waals surface area contributed by atoms with E-state index in [-0.39, 0.29) is 12.5 Å². The number of nitrogens with one attached hydrogen (secondary N) is 1. The molecule has 2 rings (SSSR count). The fourth-order valence-electron chi connectivity index (χ4n) is 1.99. The van der Waals surface area contributed by atoms with Gasteiger partial charge >= 0.3 is 0 Å². The lowest BCUT2D eigenvalue weighted by Crippen LogP contribution is -2.24. The highest BCUT2D eigenvalue weighted by Crippen LogP contribution is 2.06. The normalized spacial score (nSPS) is 10.3. The highest BCUT2D eigenvalue weighted by molar-refractivity contribution is 5.78. The predicted molar refractivity (Wildman–Crippen MR) is 79.1 cm³/mol. The van der Waals surface area contributed by atoms with Crippen molar-refractivity contribution in [2.75, 3.05) is 0 Å². The molecule has 2 aromatic carbocycles. The van der Waals surface area contributed by atoms with Crippen molar-refractivity contribution in [2.45, 2.75) is 26.5 Å². The molecule has 3 heteroatoms. The van der Waals surface area contributed by atoms with Crippen LogP contribution in [0.3, 0.4) is 0 Å². The van der Waals surface area contributed by atoms with Gasteiger partial charge in [-0.1, -0.05) is 54.1 Å². The molecule has 0 spiro atoms. The second kappa shape index (κ2) is 6.87. The summed E-state index contributed by atoms with van der Waals surface area (Å²) in [5, 5.41) is 12.0. The number of aliphatic hydroxyl groups is 1. The van der Waals surface area contributed by atoms with Crippen LogP contribution in [-0.4, -0.2) is 11.0 Å². The van der Waals surface area contributed by atoms with Crippen molar-refractivity contribution < 1.29 is 9.90 Å². The summed E-state index contributed by atoms with van der Waals surface area (Å²) >= 11 is 0. The molecule has 3 nitrogen and oxygen atoms in total. The second-order valence-corrected chi connectivity index (χ2v) is 4.92. The van der Waals surface area contributed by atoms with Crippen LogP contribution in [0.4, 0.5) is 0 Å². The third kappa shape index (κ3) is 4.21. The maximum atomic E-state index is 11.9. The maximum Gasteiger partial charge on any atom is 0.224 e. The smallest absolute Gasteiger partial charge is 0.224 e. The van der Waals surface area contributed by atoms with Gasteiger partial charge in [0.2, 0.25) is 5.91 Å². The summed E-state index contributed by atoms with van der Waals surface area (Å²) in [5.74, 6) is 0.00301. The van der Waals surface area contributed by atoms with Gasteiger partial charge < -0.3 is 10.4 Å². The van der Waals surface area contributed by atoms with Crippen molar-refractivity contribution in [2.24, 2.45) is 0 Å². The summed E-state index contributed by atoms with van der Waals surface area (Å²) in [6.45, 7) is 2.53. The molecule has 104 valence electrons. The number of aliphatic hydroxyl groups excluding tert-OH is 1. The minimum Gasteiger partial charge on any atom is -0.392 e. The first-order chi connectivity index (χ1) is 9.67. The molecule has 0 unspecified atom stereocenters. The quantitative estimate of drug-likeness (QED) is 0.875. The molecule has 0 radical (unpaired) electrons. The number of hydrogen-bond donors (Lipinski definition) is 2. The Bertz CT molecular complexity index is 576. The van der Waals surface area contributed by atoms with E-state index in [0.29, 0.717) is 13.0 Å². The molecule has 0 aliphatic carbocycles. The number of aryl methyl sites for hydroxylation is 1. The Morgan fingerprint density at radius 1 is 1.05 bits per heavy atom. The lowest BCUT2D eigenvalue weighted by atomic mass is 10.1. The zero-order valence-corrected chi connectivity index (χ0v) is 11.6. The monoisotopic (exact) mass is 269 g/mol. The first-order valence-electron chi connectivity index (χ1n) is 6.68. The standard InChI is InChI=1S/C17H19NO2/c1-13-5-7-14(8-6-13)10-17(20)18-11-15-3-2-4-16(9-15)12-19/h2-9,19H,10-12H2,1H3,(H,18,20). The Labute approximate surface area is 119 Å². The highest BCUT2D eigenvalue weighted by atomic mass is 16.3. The van der Waals surface area contributed by atoms with E-state index in [9.17, 15) is 4.79 Å². The van der Waals surface area contributed by atoms with Crippen LogP contribution in [0.5, 0.6) is 0 Å². The Balaban J connectivity index is 1.87. The van der Waals surface area contributed by atoms with Gasteiger partial charge in [-0.3, -0.25) is 4.79 Å². The van der Waals surface area contributed by atoms with Crippen LogP contribution in [0.1, 0.15) is 22.3 Å². The van der Waals surface area contributed by atoms with Crippen LogP contribution in [-0.2, 0) is 24.4 Å². The van der Waals surface area contributed by atoms with Crippen molar-refractivity contribution in [1.29, 1.82) is 0 Å². The van der Waals surface area contributed by atoms with Gasteiger partial charge in [-0.05, 0) is 23.6 Å². The van der Waals surface area contributed by atoms with Crippen molar-refractivity contribution in [3.8, 4) is 0 Å². The number of rotatable bonds is 5. The summed E-state index contributed by atoms with van der Waals surface area (Å²) in [5.41, 5.74) is 4.05. The molecular weight excluding hydrogens is 250 g/mol. The van der Waals surface area contributed by atoms with Gasteiger partial charge in [0.15, 0.2) is 0 Å². The van der Waals surface area contributed by atoms with Crippen molar-refractivity contribution in [3.63, 3.8) is 0 Å². The second-order valence-electron chi connectivity index (χ2n) is 4.92. The van der Waals surface area contributed by atoms with Crippen LogP contribution >= 0.6 is 0 Å². The fraction of sp³-hybridized carbons (Fsp3) is 0.235. The topological polar surface area (TPSA) is 49.3 Å². The maximum absolute atomic E-state index is 11.9. The van der Waals surface area contributed by atoms with E-state index in [1.807, 2.05) is 55.5 Å². The van der Waals surface area contributed by atoms with E-state index in [0.717, 1.165) is 16.7 Å². The summed E-state index contributed by atoms with van der Waals surface area (Å²) in [4.78, 5) is 11.9. The third-order valence-corrected chi connectivity index (χ3v) is 3.15. The number of benzene rings is 2. The van der Waals surface area contributed by atoms with Gasteiger partial charge in [0.05, 0.1) is 13.0 Å². The van der Waals surface area contributed by atoms with E-state index in [4.69, 9.17) is 5.11 Å². The number of hydrogen-bond acceptors (Lipinski definition) is 2. The Kier molecular flexibility index (Phi) is 4.91. The summed E-state index contributed by atoms with van der Waals surface area (Å²) < 4.78 is 0. The Morgan fingerprint density at radius 3 is 2.45 bits per heavy atom. The fourth-order valence-corrected chi connectivity index (χ4v) is 1.99. The van der Waals surface area contributed by atoms with Crippen LogP contribution in [0.2, 0.25) is 0 Å². The van der Waals surface area contributed by atoms with Crippen LogP contribution in [0.15, 0.2) is 48.5 Å². The summed E-state index contributed by atoms with van der Waals surface area (Å²) in [7, 11) is 0. The van der Waals surface area contributed by atoms with E-state index in [2.05, 4.69) is 5.32 Å². The van der Waals surface area contributed by atoms with Crippen LogP contribution in [0.25, 0.3) is 0 Å². The van der Waals surface area contributed by atoms with Gasteiger partial charge in [0.1, 0.15) is 0 Å². The SMILES string of the molecule is Cc1ccc(CC(=O)NCc2cccc(CO)c2)cc1. The first-order valence-corrected chi connectivity index (χ1v) is 6.68. The lowest BCUT2D eigenvalue weighted by Gasteiger charge is -2.07. The molecule has 0 fully saturated rings.